The van der Waals surface area contributed by atoms with Crippen LogP contribution in [0.1, 0.15) is 5.56 Å². The predicted molar refractivity (Wildman–Crippen MR) is 51.6 cm³/mol. The molecule has 0 radical (unpaired) electrons. The van der Waals surface area contributed by atoms with Crippen molar-refractivity contribution in [3.63, 3.8) is 0 Å². The summed E-state index contributed by atoms with van der Waals surface area (Å²) < 4.78 is 1.26. The lowest BCUT2D eigenvalue weighted by Gasteiger charge is -1.94. The Morgan fingerprint density at radius 2 is 2.25 bits per heavy atom. The Morgan fingerprint density at radius 1 is 1.33 bits per heavy atom. The fourth-order valence-electron chi connectivity index (χ4n) is 1.22. The van der Waals surface area contributed by atoms with Gasteiger partial charge in [-0.3, -0.25) is 0 Å². The number of aldehydes is 1. The Balaban J connectivity index is 2.52. The minimum absolute atomic E-state index is 0.522. The van der Waals surface area contributed by atoms with E-state index in [1.165, 1.54) is 10.1 Å². The van der Waals surface area contributed by atoms with Gasteiger partial charge >= 0.3 is 0 Å². The van der Waals surface area contributed by atoms with Gasteiger partial charge in [-0.25, -0.2) is 0 Å². The SMILES string of the molecule is O=CCc1ccc2ccsc2c1. The second-order valence-corrected chi connectivity index (χ2v) is 3.61. The molecule has 0 saturated heterocycles. The van der Waals surface area contributed by atoms with E-state index in [0.29, 0.717) is 6.42 Å². The Labute approximate surface area is 74.6 Å². The minimum Gasteiger partial charge on any atom is -0.303 e. The van der Waals surface area contributed by atoms with Gasteiger partial charge in [0.2, 0.25) is 0 Å². The highest BCUT2D eigenvalue weighted by molar-refractivity contribution is 7.17. The molecule has 2 aromatic rings. The van der Waals surface area contributed by atoms with Crippen LogP contribution in [0.2, 0.25) is 0 Å². The van der Waals surface area contributed by atoms with E-state index < -0.39 is 0 Å². The van der Waals surface area contributed by atoms with Crippen molar-refractivity contribution in [2.24, 2.45) is 0 Å². The summed E-state index contributed by atoms with van der Waals surface area (Å²) in [5.41, 5.74) is 1.10. The molecule has 0 unspecified atom stereocenters. The first kappa shape index (κ1) is 7.50. The highest BCUT2D eigenvalue weighted by Crippen LogP contribution is 2.21. The second kappa shape index (κ2) is 3.07. The summed E-state index contributed by atoms with van der Waals surface area (Å²) in [5.74, 6) is 0. The lowest BCUT2D eigenvalue weighted by Crippen LogP contribution is -1.83. The van der Waals surface area contributed by atoms with Crippen molar-refractivity contribution in [2.45, 2.75) is 6.42 Å². The zero-order valence-electron chi connectivity index (χ0n) is 6.49. The van der Waals surface area contributed by atoms with Crippen molar-refractivity contribution in [1.29, 1.82) is 0 Å². The Bertz CT molecular complexity index is 403. The maximum atomic E-state index is 10.3. The summed E-state index contributed by atoms with van der Waals surface area (Å²) >= 11 is 1.71. The van der Waals surface area contributed by atoms with Gasteiger partial charge in [0.15, 0.2) is 0 Å². The van der Waals surface area contributed by atoms with Crippen molar-refractivity contribution in [3.05, 3.63) is 35.2 Å². The quantitative estimate of drug-likeness (QED) is 0.643. The van der Waals surface area contributed by atoms with Crippen molar-refractivity contribution in [1.82, 2.24) is 0 Å². The molecule has 2 heteroatoms. The molecule has 0 saturated carbocycles. The Hall–Kier alpha value is -1.15. The molecule has 2 rings (SSSR count). The van der Waals surface area contributed by atoms with Crippen LogP contribution in [0.3, 0.4) is 0 Å². The number of rotatable bonds is 2. The number of benzene rings is 1. The van der Waals surface area contributed by atoms with Gasteiger partial charge in [0.25, 0.3) is 0 Å². The number of hydrogen-bond acceptors (Lipinski definition) is 2. The van der Waals surface area contributed by atoms with Gasteiger partial charge in [-0.15, -0.1) is 11.3 Å². The first-order valence-electron chi connectivity index (χ1n) is 3.80. The third kappa shape index (κ3) is 1.25. The predicted octanol–water partition coefficient (Wildman–Crippen LogP) is 2.64. The number of carbonyl (C=O) groups is 1. The highest BCUT2D eigenvalue weighted by atomic mass is 32.1. The summed E-state index contributed by atoms with van der Waals surface area (Å²) in [5, 5.41) is 3.32. The van der Waals surface area contributed by atoms with Crippen LogP contribution < -0.4 is 0 Å². The van der Waals surface area contributed by atoms with Gasteiger partial charge in [0.05, 0.1) is 0 Å². The first-order chi connectivity index (χ1) is 5.90. The molecule has 12 heavy (non-hydrogen) atoms. The Morgan fingerprint density at radius 3 is 3.08 bits per heavy atom. The maximum absolute atomic E-state index is 10.3. The lowest BCUT2D eigenvalue weighted by molar-refractivity contribution is -0.107. The summed E-state index contributed by atoms with van der Waals surface area (Å²) in [7, 11) is 0. The van der Waals surface area contributed by atoms with Crippen LogP contribution in [0.25, 0.3) is 10.1 Å². The highest BCUT2D eigenvalue weighted by Gasteiger charge is 1.96. The van der Waals surface area contributed by atoms with E-state index >= 15 is 0 Å². The molecule has 0 N–H and O–H groups in total. The van der Waals surface area contributed by atoms with Crippen LogP contribution >= 0.6 is 11.3 Å². The van der Waals surface area contributed by atoms with Crippen LogP contribution in [0.5, 0.6) is 0 Å². The molecule has 0 fully saturated rings. The van der Waals surface area contributed by atoms with E-state index in [2.05, 4.69) is 23.6 Å². The van der Waals surface area contributed by atoms with Crippen molar-refractivity contribution < 1.29 is 4.79 Å². The fraction of sp³-hybridized carbons (Fsp3) is 0.100. The molecule has 0 aliphatic rings. The van der Waals surface area contributed by atoms with Crippen LogP contribution in [0.15, 0.2) is 29.6 Å². The average Bonchev–Trinajstić information content (AvgIpc) is 2.51. The third-order valence-electron chi connectivity index (χ3n) is 1.84. The smallest absolute Gasteiger partial charge is 0.124 e. The zero-order chi connectivity index (χ0) is 8.39. The average molecular weight is 176 g/mol. The molecule has 0 atom stereocenters. The van der Waals surface area contributed by atoms with E-state index in [4.69, 9.17) is 0 Å². The van der Waals surface area contributed by atoms with E-state index in [9.17, 15) is 4.79 Å². The summed E-state index contributed by atoms with van der Waals surface area (Å²) in [6.45, 7) is 0. The van der Waals surface area contributed by atoms with Crippen molar-refractivity contribution in [2.75, 3.05) is 0 Å². The molecule has 60 valence electrons. The van der Waals surface area contributed by atoms with Gasteiger partial charge in [-0.2, -0.15) is 0 Å². The lowest BCUT2D eigenvalue weighted by atomic mass is 10.1. The molecule has 0 spiro atoms. The molecule has 0 aliphatic carbocycles. The van der Waals surface area contributed by atoms with Gasteiger partial charge < -0.3 is 4.79 Å². The van der Waals surface area contributed by atoms with Gasteiger partial charge in [0.1, 0.15) is 6.29 Å². The molecule has 0 amide bonds. The van der Waals surface area contributed by atoms with Crippen molar-refractivity contribution in [3.8, 4) is 0 Å². The van der Waals surface area contributed by atoms with E-state index in [1.54, 1.807) is 11.3 Å². The number of hydrogen-bond donors (Lipinski definition) is 0. The normalized spacial score (nSPS) is 10.3. The first-order valence-corrected chi connectivity index (χ1v) is 4.68. The van der Waals surface area contributed by atoms with Gasteiger partial charge in [-0.1, -0.05) is 12.1 Å². The molecular weight excluding hydrogens is 168 g/mol. The Kier molecular flexibility index (Phi) is 1.92. The fourth-order valence-corrected chi connectivity index (χ4v) is 2.08. The standard InChI is InChI=1S/C10H8OS/c11-5-3-8-1-2-9-4-6-12-10(9)7-8/h1-2,4-7H,3H2. The summed E-state index contributed by atoms with van der Waals surface area (Å²) in [6.07, 6.45) is 1.46. The van der Waals surface area contributed by atoms with Crippen LogP contribution in [0, 0.1) is 0 Å². The summed E-state index contributed by atoms with van der Waals surface area (Å²) in [4.78, 5) is 10.3. The molecule has 1 aromatic carbocycles. The number of thiophene rings is 1. The van der Waals surface area contributed by atoms with E-state index in [-0.39, 0.29) is 0 Å². The summed E-state index contributed by atoms with van der Waals surface area (Å²) in [6, 6.07) is 8.23. The van der Waals surface area contributed by atoms with E-state index in [1.807, 2.05) is 6.07 Å². The zero-order valence-corrected chi connectivity index (χ0v) is 7.30. The number of carbonyl (C=O) groups excluding carboxylic acids is 1. The van der Waals surface area contributed by atoms with Crippen LogP contribution in [-0.4, -0.2) is 6.29 Å². The van der Waals surface area contributed by atoms with Gasteiger partial charge in [-0.05, 0) is 28.5 Å². The monoisotopic (exact) mass is 176 g/mol. The maximum Gasteiger partial charge on any atom is 0.124 e. The van der Waals surface area contributed by atoms with E-state index in [0.717, 1.165) is 11.8 Å². The molecule has 0 aliphatic heterocycles. The minimum atomic E-state index is 0.522. The van der Waals surface area contributed by atoms with Gasteiger partial charge in [0, 0.05) is 11.1 Å². The second-order valence-electron chi connectivity index (χ2n) is 2.66. The van der Waals surface area contributed by atoms with Crippen molar-refractivity contribution >= 4 is 27.7 Å². The third-order valence-corrected chi connectivity index (χ3v) is 2.72. The largest absolute Gasteiger partial charge is 0.303 e. The molecule has 1 nitrogen and oxygen atoms in total. The number of fused-ring (bicyclic) bond motifs is 1. The van der Waals surface area contributed by atoms with Crippen LogP contribution in [-0.2, 0) is 11.2 Å². The molecule has 0 bridgehead atoms. The molecule has 1 heterocycles. The molecule has 1 aromatic heterocycles. The topological polar surface area (TPSA) is 17.1 Å². The molecular formula is C10H8OS. The van der Waals surface area contributed by atoms with Crippen LogP contribution in [0.4, 0.5) is 0 Å².